The molecule has 0 spiro atoms. The quantitative estimate of drug-likeness (QED) is 0.483. The first-order chi connectivity index (χ1) is 18.5. The number of rotatable bonds is 9. The SMILES string of the molecule is COc1cccc(C2=NN(C(=O)CN(CCN3CCOCC3)C(=O)C3CCC3)C(c3ccccc3Cl)C2)c1. The number of nitrogens with zero attached hydrogens (tertiary/aromatic N) is 4. The molecule has 0 radical (unpaired) electrons. The van der Waals surface area contributed by atoms with Gasteiger partial charge in [-0.3, -0.25) is 14.5 Å². The van der Waals surface area contributed by atoms with Crippen LogP contribution >= 0.6 is 11.6 Å². The van der Waals surface area contributed by atoms with Gasteiger partial charge in [0.15, 0.2) is 0 Å². The zero-order valence-electron chi connectivity index (χ0n) is 21.9. The number of benzene rings is 2. The highest BCUT2D eigenvalue weighted by molar-refractivity contribution is 6.31. The number of methoxy groups -OCH3 is 1. The van der Waals surface area contributed by atoms with Crippen molar-refractivity contribution in [2.75, 3.05) is 53.0 Å². The van der Waals surface area contributed by atoms with Crippen molar-refractivity contribution in [2.45, 2.75) is 31.7 Å². The molecule has 5 rings (SSSR count). The second-order valence-electron chi connectivity index (χ2n) is 10.1. The Balaban J connectivity index is 1.38. The maximum atomic E-state index is 13.9. The van der Waals surface area contributed by atoms with E-state index in [1.807, 2.05) is 48.5 Å². The highest BCUT2D eigenvalue weighted by atomic mass is 35.5. The minimum atomic E-state index is -0.350. The fourth-order valence-electron chi connectivity index (χ4n) is 5.21. The Morgan fingerprint density at radius 1 is 1.13 bits per heavy atom. The molecular weight excluding hydrogens is 504 g/mol. The van der Waals surface area contributed by atoms with E-state index in [4.69, 9.17) is 26.2 Å². The van der Waals surface area contributed by atoms with Gasteiger partial charge in [0.2, 0.25) is 5.91 Å². The van der Waals surface area contributed by atoms with Gasteiger partial charge in [0.25, 0.3) is 5.91 Å². The Bertz CT molecular complexity index is 1180. The van der Waals surface area contributed by atoms with Crippen molar-refractivity contribution in [1.82, 2.24) is 14.8 Å². The van der Waals surface area contributed by atoms with Gasteiger partial charge >= 0.3 is 0 Å². The highest BCUT2D eigenvalue weighted by Crippen LogP contribution is 2.37. The molecule has 1 unspecified atom stereocenters. The molecule has 9 heteroatoms. The molecule has 2 aromatic rings. The number of hydrogen-bond donors (Lipinski definition) is 0. The van der Waals surface area contributed by atoms with Gasteiger partial charge in [-0.25, -0.2) is 5.01 Å². The molecule has 1 saturated carbocycles. The average Bonchev–Trinajstić information content (AvgIpc) is 3.36. The molecule has 8 nitrogen and oxygen atoms in total. The van der Waals surface area contributed by atoms with E-state index in [0.29, 0.717) is 31.2 Å². The smallest absolute Gasteiger partial charge is 0.262 e. The lowest BCUT2D eigenvalue weighted by atomic mass is 9.84. The van der Waals surface area contributed by atoms with Crippen molar-refractivity contribution < 1.29 is 19.1 Å². The molecule has 0 bridgehead atoms. The van der Waals surface area contributed by atoms with E-state index in [0.717, 1.165) is 61.5 Å². The maximum Gasteiger partial charge on any atom is 0.262 e. The van der Waals surface area contributed by atoms with Crippen LogP contribution < -0.4 is 4.74 Å². The first-order valence-electron chi connectivity index (χ1n) is 13.4. The third kappa shape index (κ3) is 6.03. The molecule has 2 aliphatic heterocycles. The summed E-state index contributed by atoms with van der Waals surface area (Å²) in [5, 5.41) is 6.92. The molecule has 1 saturated heterocycles. The number of hydrogen-bond acceptors (Lipinski definition) is 6. The molecule has 2 fully saturated rings. The van der Waals surface area contributed by atoms with Gasteiger partial charge in [-0.2, -0.15) is 5.10 Å². The third-order valence-electron chi connectivity index (χ3n) is 7.72. The average molecular weight is 539 g/mol. The molecule has 1 atom stereocenters. The molecule has 2 heterocycles. The van der Waals surface area contributed by atoms with Gasteiger partial charge in [0.1, 0.15) is 12.3 Å². The monoisotopic (exact) mass is 538 g/mol. The molecule has 1 aliphatic carbocycles. The second-order valence-corrected chi connectivity index (χ2v) is 10.5. The number of carbonyl (C=O) groups is 2. The van der Waals surface area contributed by atoms with Gasteiger partial charge in [0.05, 0.1) is 32.1 Å². The number of hydrazone groups is 1. The summed E-state index contributed by atoms with van der Waals surface area (Å²) in [7, 11) is 1.63. The summed E-state index contributed by atoms with van der Waals surface area (Å²) in [6.45, 7) is 4.31. The predicted octanol–water partition coefficient (Wildman–Crippen LogP) is 3.99. The molecule has 0 aromatic heterocycles. The molecule has 2 aromatic carbocycles. The Labute approximate surface area is 229 Å². The van der Waals surface area contributed by atoms with Crippen LogP contribution in [0.5, 0.6) is 5.75 Å². The lowest BCUT2D eigenvalue weighted by Gasteiger charge is -2.34. The van der Waals surface area contributed by atoms with Crippen molar-refractivity contribution in [3.8, 4) is 5.75 Å². The van der Waals surface area contributed by atoms with Crippen LogP contribution in [0.3, 0.4) is 0 Å². The van der Waals surface area contributed by atoms with Crippen molar-refractivity contribution >= 4 is 29.1 Å². The van der Waals surface area contributed by atoms with Crippen LogP contribution in [-0.2, 0) is 14.3 Å². The van der Waals surface area contributed by atoms with Gasteiger partial charge in [-0.05, 0) is 36.6 Å². The fourth-order valence-corrected chi connectivity index (χ4v) is 5.47. The predicted molar refractivity (Wildman–Crippen MR) is 146 cm³/mol. The summed E-state index contributed by atoms with van der Waals surface area (Å²) >= 11 is 6.59. The van der Waals surface area contributed by atoms with E-state index < -0.39 is 0 Å². The van der Waals surface area contributed by atoms with E-state index in [-0.39, 0.29) is 30.3 Å². The maximum absolute atomic E-state index is 13.9. The number of amides is 2. The standard InChI is InChI=1S/C29H35ClN4O4/c1-37-23-9-5-8-22(18-23)26-19-27(24-10-2-3-11-25(24)30)34(31-26)28(35)20-33(29(36)21-6-4-7-21)13-12-32-14-16-38-17-15-32/h2-3,5,8-11,18,21,27H,4,6-7,12-17,19-20H2,1H3. The van der Waals surface area contributed by atoms with Crippen molar-refractivity contribution in [3.05, 3.63) is 64.7 Å². The van der Waals surface area contributed by atoms with E-state index in [2.05, 4.69) is 4.90 Å². The van der Waals surface area contributed by atoms with Crippen LogP contribution in [0, 0.1) is 5.92 Å². The Morgan fingerprint density at radius 2 is 1.92 bits per heavy atom. The van der Waals surface area contributed by atoms with E-state index in [1.54, 1.807) is 12.0 Å². The Morgan fingerprint density at radius 3 is 2.63 bits per heavy atom. The topological polar surface area (TPSA) is 74.7 Å². The van der Waals surface area contributed by atoms with Crippen molar-refractivity contribution in [1.29, 1.82) is 0 Å². The molecule has 2 amide bonds. The molecule has 3 aliphatic rings. The van der Waals surface area contributed by atoms with Crippen molar-refractivity contribution in [2.24, 2.45) is 11.0 Å². The first kappa shape index (κ1) is 26.7. The van der Waals surface area contributed by atoms with Crippen LogP contribution in [-0.4, -0.2) is 85.4 Å². The van der Waals surface area contributed by atoms with Crippen LogP contribution in [0.15, 0.2) is 53.6 Å². The van der Waals surface area contributed by atoms with Gasteiger partial charge < -0.3 is 14.4 Å². The zero-order chi connectivity index (χ0) is 26.5. The lowest BCUT2D eigenvalue weighted by molar-refractivity contribution is -0.145. The Kier molecular flexibility index (Phi) is 8.61. The normalized spacial score (nSPS) is 20.1. The van der Waals surface area contributed by atoms with Crippen molar-refractivity contribution in [3.63, 3.8) is 0 Å². The second kappa shape index (κ2) is 12.3. The van der Waals surface area contributed by atoms with Gasteiger partial charge in [-0.1, -0.05) is 48.4 Å². The molecule has 38 heavy (non-hydrogen) atoms. The zero-order valence-corrected chi connectivity index (χ0v) is 22.6. The van der Waals surface area contributed by atoms with E-state index >= 15 is 0 Å². The number of carbonyl (C=O) groups excluding carboxylic acids is 2. The van der Waals surface area contributed by atoms with E-state index in [1.165, 1.54) is 5.01 Å². The fraction of sp³-hybridized carbons (Fsp3) is 0.483. The van der Waals surface area contributed by atoms with Crippen LogP contribution in [0.4, 0.5) is 0 Å². The summed E-state index contributed by atoms with van der Waals surface area (Å²) in [4.78, 5) is 31.2. The number of halogens is 1. The number of morpholine rings is 1. The summed E-state index contributed by atoms with van der Waals surface area (Å²) in [6, 6.07) is 14.9. The summed E-state index contributed by atoms with van der Waals surface area (Å²) in [5.74, 6) is 0.608. The lowest BCUT2D eigenvalue weighted by Crippen LogP contribution is -2.49. The van der Waals surface area contributed by atoms with Crippen LogP contribution in [0.25, 0.3) is 0 Å². The summed E-state index contributed by atoms with van der Waals surface area (Å²) in [6.07, 6.45) is 3.37. The minimum Gasteiger partial charge on any atom is -0.497 e. The van der Waals surface area contributed by atoms with Gasteiger partial charge in [-0.15, -0.1) is 0 Å². The molecule has 0 N–H and O–H groups in total. The summed E-state index contributed by atoms with van der Waals surface area (Å²) in [5.41, 5.74) is 2.52. The third-order valence-corrected chi connectivity index (χ3v) is 8.06. The molecule has 202 valence electrons. The van der Waals surface area contributed by atoms with E-state index in [9.17, 15) is 9.59 Å². The minimum absolute atomic E-state index is 0.00445. The van der Waals surface area contributed by atoms with Gasteiger partial charge in [0, 0.05) is 49.1 Å². The molecular formula is C29H35ClN4O4. The Hall–Kier alpha value is -2.94. The van der Waals surface area contributed by atoms with Crippen LogP contribution in [0.1, 0.15) is 42.9 Å². The highest BCUT2D eigenvalue weighted by Gasteiger charge is 2.37. The van der Waals surface area contributed by atoms with Crippen LogP contribution in [0.2, 0.25) is 5.02 Å². The summed E-state index contributed by atoms with van der Waals surface area (Å²) < 4.78 is 10.9. The largest absolute Gasteiger partial charge is 0.497 e. The first-order valence-corrected chi connectivity index (χ1v) is 13.8. The number of ether oxygens (including phenoxy) is 2.